The highest BCUT2D eigenvalue weighted by Crippen LogP contribution is 2.32. The van der Waals surface area contributed by atoms with E-state index < -0.39 is 0 Å². The molecule has 3 heteroatoms. The first-order chi connectivity index (χ1) is 23.7. The van der Waals surface area contributed by atoms with Gasteiger partial charge >= 0.3 is 0 Å². The molecule has 0 saturated carbocycles. The van der Waals surface area contributed by atoms with Crippen LogP contribution in [0, 0.1) is 0 Å². The van der Waals surface area contributed by atoms with Crippen LogP contribution in [0.2, 0.25) is 0 Å². The number of benzene rings is 8. The van der Waals surface area contributed by atoms with Gasteiger partial charge in [-0.3, -0.25) is 0 Å². The van der Waals surface area contributed by atoms with Crippen molar-refractivity contribution in [1.82, 2.24) is 15.0 Å². The molecule has 1 aromatic heterocycles. The zero-order valence-electron chi connectivity index (χ0n) is 26.1. The van der Waals surface area contributed by atoms with Crippen molar-refractivity contribution < 1.29 is 0 Å². The average molecular weight is 612 g/mol. The maximum absolute atomic E-state index is 5.08. The summed E-state index contributed by atoms with van der Waals surface area (Å²) in [4.78, 5) is 15.2. The lowest BCUT2D eigenvalue weighted by atomic mass is 9.99. The lowest BCUT2D eigenvalue weighted by Crippen LogP contribution is -2.00. The summed E-state index contributed by atoms with van der Waals surface area (Å²) in [6.45, 7) is 0. The largest absolute Gasteiger partial charge is 0.208 e. The minimum atomic E-state index is 0.650. The fourth-order valence-electron chi connectivity index (χ4n) is 6.48. The van der Waals surface area contributed by atoms with E-state index in [4.69, 9.17) is 15.0 Å². The molecule has 0 spiro atoms. The van der Waals surface area contributed by atoms with E-state index in [2.05, 4.69) is 164 Å². The Bertz CT molecular complexity index is 2470. The van der Waals surface area contributed by atoms with E-state index in [-0.39, 0.29) is 0 Å². The lowest BCUT2D eigenvalue weighted by Gasteiger charge is -2.11. The molecule has 0 aliphatic rings. The first-order valence-electron chi connectivity index (χ1n) is 16.2. The fraction of sp³-hybridized carbons (Fsp3) is 0. The zero-order chi connectivity index (χ0) is 31.9. The van der Waals surface area contributed by atoms with Gasteiger partial charge in [0.1, 0.15) is 0 Å². The van der Waals surface area contributed by atoms with E-state index in [1.54, 1.807) is 0 Å². The van der Waals surface area contributed by atoms with Gasteiger partial charge in [-0.05, 0) is 84.9 Å². The molecule has 3 nitrogen and oxygen atoms in total. The van der Waals surface area contributed by atoms with Crippen LogP contribution in [-0.2, 0) is 0 Å². The number of hydrogen-bond acceptors (Lipinski definition) is 3. The van der Waals surface area contributed by atoms with Crippen molar-refractivity contribution in [3.8, 4) is 56.4 Å². The Labute approximate surface area is 278 Å². The third kappa shape index (κ3) is 5.28. The first kappa shape index (κ1) is 27.8. The highest BCUT2D eigenvalue weighted by molar-refractivity contribution is 5.92. The molecule has 9 rings (SSSR count). The molecular formula is C45H29N3. The third-order valence-electron chi connectivity index (χ3n) is 9.05. The number of rotatable bonds is 5. The second kappa shape index (κ2) is 11.7. The Hall–Kier alpha value is -6.45. The molecule has 1 heterocycles. The Morgan fingerprint density at radius 2 is 0.500 bits per heavy atom. The van der Waals surface area contributed by atoms with Gasteiger partial charge in [-0.25, -0.2) is 15.0 Å². The second-order valence-corrected chi connectivity index (χ2v) is 12.2. The smallest absolute Gasteiger partial charge is 0.164 e. The average Bonchev–Trinajstić information content (AvgIpc) is 3.17. The Kier molecular flexibility index (Phi) is 6.80. The molecule has 224 valence electrons. The summed E-state index contributed by atoms with van der Waals surface area (Å²) in [6.07, 6.45) is 0. The summed E-state index contributed by atoms with van der Waals surface area (Å²) >= 11 is 0. The summed E-state index contributed by atoms with van der Waals surface area (Å²) in [6, 6.07) is 61.9. The number of nitrogens with zero attached hydrogens (tertiary/aromatic N) is 3. The minimum absolute atomic E-state index is 0.650. The summed E-state index contributed by atoms with van der Waals surface area (Å²) in [7, 11) is 0. The van der Waals surface area contributed by atoms with Crippen LogP contribution in [0.3, 0.4) is 0 Å². The van der Waals surface area contributed by atoms with Crippen molar-refractivity contribution >= 4 is 32.3 Å². The molecule has 48 heavy (non-hydrogen) atoms. The highest BCUT2D eigenvalue weighted by Gasteiger charge is 2.14. The van der Waals surface area contributed by atoms with Crippen molar-refractivity contribution in [3.63, 3.8) is 0 Å². The van der Waals surface area contributed by atoms with Gasteiger partial charge in [0.15, 0.2) is 17.5 Å². The van der Waals surface area contributed by atoms with Gasteiger partial charge in [0, 0.05) is 16.7 Å². The Morgan fingerprint density at radius 1 is 0.208 bits per heavy atom. The van der Waals surface area contributed by atoms with Crippen molar-refractivity contribution in [1.29, 1.82) is 0 Å². The van der Waals surface area contributed by atoms with Gasteiger partial charge in [0.25, 0.3) is 0 Å². The van der Waals surface area contributed by atoms with Gasteiger partial charge in [-0.15, -0.1) is 0 Å². The van der Waals surface area contributed by atoms with Gasteiger partial charge in [-0.2, -0.15) is 0 Å². The van der Waals surface area contributed by atoms with Gasteiger partial charge in [0.05, 0.1) is 0 Å². The number of hydrogen-bond donors (Lipinski definition) is 0. The van der Waals surface area contributed by atoms with Crippen LogP contribution in [0.1, 0.15) is 0 Å². The van der Waals surface area contributed by atoms with Crippen LogP contribution >= 0.6 is 0 Å². The molecule has 0 bridgehead atoms. The Morgan fingerprint density at radius 3 is 0.917 bits per heavy atom. The molecule has 0 unspecified atom stereocenters. The second-order valence-electron chi connectivity index (χ2n) is 12.2. The molecule has 0 aliphatic heterocycles. The van der Waals surface area contributed by atoms with Crippen LogP contribution in [0.15, 0.2) is 176 Å². The zero-order valence-corrected chi connectivity index (χ0v) is 26.1. The Balaban J connectivity index is 1.16. The predicted octanol–water partition coefficient (Wildman–Crippen LogP) is 11.7. The predicted molar refractivity (Wildman–Crippen MR) is 200 cm³/mol. The van der Waals surface area contributed by atoms with E-state index in [9.17, 15) is 0 Å². The SMILES string of the molecule is c1ccc(-c2ccc3cc(-c4nc(-c5ccc6ccccc6c5)nc(-c5ccc6cc(-c7ccccc7)ccc6c5)n4)ccc3c2)cc1. The molecule has 0 aliphatic carbocycles. The van der Waals surface area contributed by atoms with Crippen LogP contribution < -0.4 is 0 Å². The molecule has 0 fully saturated rings. The first-order valence-corrected chi connectivity index (χ1v) is 16.2. The standard InChI is InChI=1S/C45H29N3/c1-3-9-30(10-4-1)34-16-18-38-28-41(23-20-36(38)25-34)44-46-43(40-22-15-32-13-7-8-14-33(32)27-40)47-45(48-44)42-24-21-37-26-35(17-19-39(37)29-42)31-11-5-2-6-12-31/h1-29H. The summed E-state index contributed by atoms with van der Waals surface area (Å²) in [5.41, 5.74) is 7.67. The summed E-state index contributed by atoms with van der Waals surface area (Å²) in [5, 5.41) is 6.97. The third-order valence-corrected chi connectivity index (χ3v) is 9.05. The summed E-state index contributed by atoms with van der Waals surface area (Å²) in [5.74, 6) is 1.95. The summed E-state index contributed by atoms with van der Waals surface area (Å²) < 4.78 is 0. The van der Waals surface area contributed by atoms with Crippen molar-refractivity contribution in [3.05, 3.63) is 176 Å². The normalized spacial score (nSPS) is 11.3. The van der Waals surface area contributed by atoms with Gasteiger partial charge in [0.2, 0.25) is 0 Å². The molecule has 8 aromatic carbocycles. The quantitative estimate of drug-likeness (QED) is 0.194. The molecular weight excluding hydrogens is 583 g/mol. The molecule has 0 saturated heterocycles. The van der Waals surface area contributed by atoms with E-state index in [0.29, 0.717) is 17.5 Å². The van der Waals surface area contributed by atoms with E-state index in [0.717, 1.165) is 32.8 Å². The molecule has 9 aromatic rings. The lowest BCUT2D eigenvalue weighted by molar-refractivity contribution is 1.08. The number of aromatic nitrogens is 3. The van der Waals surface area contributed by atoms with E-state index in [1.165, 1.54) is 38.4 Å². The maximum Gasteiger partial charge on any atom is 0.164 e. The fourth-order valence-corrected chi connectivity index (χ4v) is 6.48. The maximum atomic E-state index is 5.08. The molecule has 0 atom stereocenters. The van der Waals surface area contributed by atoms with Crippen molar-refractivity contribution in [2.45, 2.75) is 0 Å². The van der Waals surface area contributed by atoms with Crippen LogP contribution in [0.25, 0.3) is 88.7 Å². The highest BCUT2D eigenvalue weighted by atomic mass is 15.0. The van der Waals surface area contributed by atoms with Crippen molar-refractivity contribution in [2.24, 2.45) is 0 Å². The van der Waals surface area contributed by atoms with Crippen molar-refractivity contribution in [2.75, 3.05) is 0 Å². The van der Waals surface area contributed by atoms with E-state index in [1.807, 2.05) is 12.1 Å². The number of fused-ring (bicyclic) bond motifs is 3. The van der Waals surface area contributed by atoms with Crippen LogP contribution in [-0.4, -0.2) is 15.0 Å². The van der Waals surface area contributed by atoms with Crippen LogP contribution in [0.4, 0.5) is 0 Å². The van der Waals surface area contributed by atoms with Gasteiger partial charge < -0.3 is 0 Å². The molecule has 0 amide bonds. The van der Waals surface area contributed by atoms with Gasteiger partial charge in [-0.1, -0.05) is 146 Å². The minimum Gasteiger partial charge on any atom is -0.208 e. The van der Waals surface area contributed by atoms with E-state index >= 15 is 0 Å². The topological polar surface area (TPSA) is 38.7 Å². The molecule has 0 radical (unpaired) electrons. The molecule has 0 N–H and O–H groups in total. The van der Waals surface area contributed by atoms with Crippen LogP contribution in [0.5, 0.6) is 0 Å². The monoisotopic (exact) mass is 611 g/mol.